The Bertz CT molecular complexity index is 417. The lowest BCUT2D eigenvalue weighted by Crippen LogP contribution is -2.11. The number of benzene rings is 1. The highest BCUT2D eigenvalue weighted by molar-refractivity contribution is 6.32. The lowest BCUT2D eigenvalue weighted by atomic mass is 9.90. The van der Waals surface area contributed by atoms with Crippen molar-refractivity contribution in [3.63, 3.8) is 0 Å². The van der Waals surface area contributed by atoms with Crippen LogP contribution in [0.5, 0.6) is 0 Å². The van der Waals surface area contributed by atoms with E-state index in [1.165, 1.54) is 18.9 Å². The van der Waals surface area contributed by atoms with Crippen LogP contribution in [0, 0.1) is 24.6 Å². The molecule has 1 fully saturated rings. The van der Waals surface area contributed by atoms with E-state index < -0.39 is 0 Å². The fourth-order valence-corrected chi connectivity index (χ4v) is 3.61. The fraction of sp³-hybridized carbons (Fsp3) is 0.571. The molecule has 0 aromatic heterocycles. The van der Waals surface area contributed by atoms with Crippen LogP contribution >= 0.6 is 23.2 Å². The summed E-state index contributed by atoms with van der Waals surface area (Å²) >= 11 is 12.6. The van der Waals surface area contributed by atoms with Crippen LogP contribution < -0.4 is 0 Å². The Morgan fingerprint density at radius 1 is 1.35 bits per heavy atom. The number of halogens is 3. The van der Waals surface area contributed by atoms with Crippen molar-refractivity contribution in [2.75, 3.05) is 0 Å². The highest BCUT2D eigenvalue weighted by Crippen LogP contribution is 2.45. The predicted molar refractivity (Wildman–Crippen MR) is 71.2 cm³/mol. The minimum absolute atomic E-state index is 0.0979. The maximum Gasteiger partial charge on any atom is 0.127 e. The van der Waals surface area contributed by atoms with Gasteiger partial charge in [-0.1, -0.05) is 37.4 Å². The molecule has 0 heterocycles. The fourth-order valence-electron chi connectivity index (χ4n) is 2.73. The van der Waals surface area contributed by atoms with Gasteiger partial charge in [0.1, 0.15) is 5.82 Å². The lowest BCUT2D eigenvalue weighted by molar-refractivity contribution is 0.405. The van der Waals surface area contributed by atoms with E-state index in [1.807, 2.05) is 0 Å². The van der Waals surface area contributed by atoms with E-state index in [4.69, 9.17) is 23.2 Å². The third kappa shape index (κ3) is 2.61. The molecule has 0 saturated heterocycles. The van der Waals surface area contributed by atoms with Crippen LogP contribution in [0.4, 0.5) is 4.39 Å². The Kier molecular flexibility index (Phi) is 3.99. The van der Waals surface area contributed by atoms with Crippen molar-refractivity contribution in [2.24, 2.45) is 11.8 Å². The van der Waals surface area contributed by atoms with Gasteiger partial charge in [0, 0.05) is 5.02 Å². The molecule has 1 aliphatic carbocycles. The molecule has 0 aliphatic heterocycles. The Morgan fingerprint density at radius 2 is 2.06 bits per heavy atom. The summed E-state index contributed by atoms with van der Waals surface area (Å²) in [7, 11) is 0. The first-order valence-corrected chi connectivity index (χ1v) is 6.91. The number of alkyl halides is 1. The van der Waals surface area contributed by atoms with Gasteiger partial charge in [0.25, 0.3) is 0 Å². The number of rotatable bonds is 2. The van der Waals surface area contributed by atoms with Crippen molar-refractivity contribution >= 4 is 23.2 Å². The molecule has 0 nitrogen and oxygen atoms in total. The largest absolute Gasteiger partial charge is 0.207 e. The van der Waals surface area contributed by atoms with Gasteiger partial charge in [0.2, 0.25) is 0 Å². The van der Waals surface area contributed by atoms with Crippen LogP contribution in [0.2, 0.25) is 5.02 Å². The van der Waals surface area contributed by atoms with E-state index in [2.05, 4.69) is 6.92 Å². The third-order valence-corrected chi connectivity index (χ3v) is 4.76. The zero-order valence-electron chi connectivity index (χ0n) is 10.1. The normalized spacial score (nSPS) is 26.2. The molecule has 17 heavy (non-hydrogen) atoms. The van der Waals surface area contributed by atoms with Gasteiger partial charge in [0.15, 0.2) is 0 Å². The van der Waals surface area contributed by atoms with Crippen LogP contribution in [0.15, 0.2) is 12.1 Å². The average Bonchev–Trinajstić information content (AvgIpc) is 2.69. The number of hydrogen-bond acceptors (Lipinski definition) is 0. The van der Waals surface area contributed by atoms with E-state index in [0.29, 0.717) is 22.4 Å². The van der Waals surface area contributed by atoms with Gasteiger partial charge in [0.05, 0.1) is 5.38 Å². The molecule has 3 atom stereocenters. The zero-order chi connectivity index (χ0) is 12.6. The molecule has 0 spiro atoms. The summed E-state index contributed by atoms with van der Waals surface area (Å²) in [6, 6.07) is 3.17. The van der Waals surface area contributed by atoms with Crippen molar-refractivity contribution in [2.45, 2.75) is 38.5 Å². The Balaban J connectivity index is 2.30. The van der Waals surface area contributed by atoms with Crippen molar-refractivity contribution in [3.8, 4) is 0 Å². The van der Waals surface area contributed by atoms with E-state index in [-0.39, 0.29) is 11.2 Å². The second kappa shape index (κ2) is 5.16. The summed E-state index contributed by atoms with van der Waals surface area (Å²) in [5, 5.41) is 0.353. The van der Waals surface area contributed by atoms with E-state index in [0.717, 1.165) is 12.0 Å². The summed E-state index contributed by atoms with van der Waals surface area (Å²) in [6.07, 6.45) is 3.60. The van der Waals surface area contributed by atoms with Gasteiger partial charge in [-0.15, -0.1) is 11.6 Å². The van der Waals surface area contributed by atoms with Crippen molar-refractivity contribution < 1.29 is 4.39 Å². The van der Waals surface area contributed by atoms with Gasteiger partial charge in [-0.25, -0.2) is 4.39 Å². The summed E-state index contributed by atoms with van der Waals surface area (Å²) < 4.78 is 13.3. The second-order valence-electron chi connectivity index (χ2n) is 5.10. The molecular formula is C14H17Cl2F. The molecule has 1 aromatic carbocycles. The summed E-state index contributed by atoms with van der Waals surface area (Å²) in [4.78, 5) is 0. The number of hydrogen-bond donors (Lipinski definition) is 0. The molecule has 1 aliphatic rings. The van der Waals surface area contributed by atoms with Crippen molar-refractivity contribution in [3.05, 3.63) is 34.1 Å². The van der Waals surface area contributed by atoms with Gasteiger partial charge in [-0.05, 0) is 42.4 Å². The minimum atomic E-state index is -0.262. The number of aryl methyl sites for hydroxylation is 1. The molecule has 2 rings (SSSR count). The Hall–Kier alpha value is -0.270. The summed E-state index contributed by atoms with van der Waals surface area (Å²) in [6.45, 7) is 3.98. The zero-order valence-corrected chi connectivity index (χ0v) is 11.7. The molecule has 0 amide bonds. The maximum atomic E-state index is 13.3. The highest BCUT2D eigenvalue weighted by atomic mass is 35.5. The Morgan fingerprint density at radius 3 is 2.65 bits per heavy atom. The van der Waals surface area contributed by atoms with Gasteiger partial charge < -0.3 is 0 Å². The molecule has 1 aromatic rings. The van der Waals surface area contributed by atoms with E-state index >= 15 is 0 Å². The average molecular weight is 275 g/mol. The van der Waals surface area contributed by atoms with Gasteiger partial charge in [-0.2, -0.15) is 0 Å². The highest BCUT2D eigenvalue weighted by Gasteiger charge is 2.31. The first-order valence-electron chi connectivity index (χ1n) is 6.10. The SMILES string of the molecule is Cc1cc(C(Cl)C2CCCC2C)c(Cl)cc1F. The molecule has 94 valence electrons. The van der Waals surface area contributed by atoms with Crippen molar-refractivity contribution in [1.82, 2.24) is 0 Å². The lowest BCUT2D eigenvalue weighted by Gasteiger charge is -2.23. The molecule has 0 bridgehead atoms. The first-order chi connectivity index (χ1) is 8.00. The molecule has 0 N–H and O–H groups in total. The smallest absolute Gasteiger partial charge is 0.127 e. The molecule has 1 saturated carbocycles. The topological polar surface area (TPSA) is 0 Å². The van der Waals surface area contributed by atoms with Crippen LogP contribution in [-0.4, -0.2) is 0 Å². The minimum Gasteiger partial charge on any atom is -0.207 e. The molecule has 3 heteroatoms. The van der Waals surface area contributed by atoms with Crippen LogP contribution in [0.25, 0.3) is 0 Å². The predicted octanol–water partition coefficient (Wildman–Crippen LogP) is 5.50. The second-order valence-corrected chi connectivity index (χ2v) is 5.97. The molecular weight excluding hydrogens is 258 g/mol. The van der Waals surface area contributed by atoms with Crippen molar-refractivity contribution in [1.29, 1.82) is 0 Å². The maximum absolute atomic E-state index is 13.3. The van der Waals surface area contributed by atoms with E-state index in [9.17, 15) is 4.39 Å². The van der Waals surface area contributed by atoms with Gasteiger partial charge in [-0.3, -0.25) is 0 Å². The van der Waals surface area contributed by atoms with Gasteiger partial charge >= 0.3 is 0 Å². The quantitative estimate of drug-likeness (QED) is 0.625. The van der Waals surface area contributed by atoms with Crippen LogP contribution in [0.1, 0.15) is 42.7 Å². The summed E-state index contributed by atoms with van der Waals surface area (Å²) in [5.74, 6) is 0.819. The van der Waals surface area contributed by atoms with Crippen LogP contribution in [-0.2, 0) is 0 Å². The molecule has 3 unspecified atom stereocenters. The van der Waals surface area contributed by atoms with Crippen LogP contribution in [0.3, 0.4) is 0 Å². The monoisotopic (exact) mass is 274 g/mol. The third-order valence-electron chi connectivity index (χ3n) is 3.88. The Labute approximate surface area is 112 Å². The summed E-state index contributed by atoms with van der Waals surface area (Å²) in [5.41, 5.74) is 1.49. The first kappa shape index (κ1) is 13.2. The standard InChI is InChI=1S/C14H17Cl2F/c1-8-4-3-5-10(8)14(16)11-6-9(2)13(17)7-12(11)15/h6-8,10,14H,3-5H2,1-2H3. The molecule has 0 radical (unpaired) electrons. The van der Waals surface area contributed by atoms with E-state index in [1.54, 1.807) is 13.0 Å².